The summed E-state index contributed by atoms with van der Waals surface area (Å²) in [5.41, 5.74) is 6.19. The largest absolute Gasteiger partial charge is 0.366 e. The second-order valence-electron chi connectivity index (χ2n) is 5.35. The third-order valence-corrected chi connectivity index (χ3v) is 4.92. The molecule has 0 aromatic carbocycles. The first kappa shape index (κ1) is 11.0. The Labute approximate surface area is 105 Å². The molecular formula is C13H17N3S. The summed E-state index contributed by atoms with van der Waals surface area (Å²) in [4.78, 5) is 4.45. The number of pyridine rings is 1. The fourth-order valence-corrected chi connectivity index (χ4v) is 3.16. The van der Waals surface area contributed by atoms with Crippen molar-refractivity contribution in [3.63, 3.8) is 0 Å². The lowest BCUT2D eigenvalue weighted by Gasteiger charge is -2.50. The van der Waals surface area contributed by atoms with E-state index in [1.165, 1.54) is 10.1 Å². The number of thiophene rings is 1. The lowest BCUT2D eigenvalue weighted by molar-refractivity contribution is 0.117. The normalized spacial score (nSPS) is 26.8. The maximum Gasteiger partial charge on any atom is 0.134 e. The van der Waals surface area contributed by atoms with Gasteiger partial charge >= 0.3 is 0 Å². The van der Waals surface area contributed by atoms with Crippen LogP contribution in [0.2, 0.25) is 0 Å². The van der Waals surface area contributed by atoms with Crippen LogP contribution in [-0.2, 0) is 0 Å². The maximum absolute atomic E-state index is 6.03. The average molecular weight is 247 g/mol. The molecule has 2 atom stereocenters. The van der Waals surface area contributed by atoms with Crippen LogP contribution in [0.15, 0.2) is 23.7 Å². The van der Waals surface area contributed by atoms with Crippen LogP contribution in [0.1, 0.15) is 20.3 Å². The number of hydrogen-bond acceptors (Lipinski definition) is 4. The quantitative estimate of drug-likeness (QED) is 0.858. The van der Waals surface area contributed by atoms with Crippen molar-refractivity contribution in [3.8, 4) is 0 Å². The Balaban J connectivity index is 1.89. The molecule has 0 amide bonds. The van der Waals surface area contributed by atoms with Crippen molar-refractivity contribution in [2.75, 3.05) is 5.32 Å². The fraction of sp³-hybridized carbons (Fsp3) is 0.462. The number of fused-ring (bicyclic) bond motifs is 1. The highest BCUT2D eigenvalue weighted by atomic mass is 32.1. The fourth-order valence-electron chi connectivity index (χ4n) is 2.38. The molecule has 3 rings (SSSR count). The molecule has 17 heavy (non-hydrogen) atoms. The van der Waals surface area contributed by atoms with Crippen molar-refractivity contribution in [1.29, 1.82) is 0 Å². The highest BCUT2D eigenvalue weighted by Crippen LogP contribution is 2.41. The van der Waals surface area contributed by atoms with Crippen LogP contribution in [0.3, 0.4) is 0 Å². The molecule has 0 saturated heterocycles. The molecule has 2 aromatic heterocycles. The van der Waals surface area contributed by atoms with Gasteiger partial charge < -0.3 is 11.1 Å². The molecule has 1 fully saturated rings. The Morgan fingerprint density at radius 3 is 3.00 bits per heavy atom. The first-order valence-corrected chi connectivity index (χ1v) is 6.81. The highest BCUT2D eigenvalue weighted by molar-refractivity contribution is 7.17. The molecular weight excluding hydrogens is 230 g/mol. The standard InChI is InChI=1S/C13H17N3S/c1-13(2)10(14)7-11(13)16-12-8-4-6-17-9(8)3-5-15-12/h3-6,10-11H,7,14H2,1-2H3,(H,15,16). The predicted octanol–water partition coefficient (Wildman–Crippen LogP) is 2.83. The zero-order valence-electron chi connectivity index (χ0n) is 10.1. The van der Waals surface area contributed by atoms with Gasteiger partial charge in [-0.25, -0.2) is 4.98 Å². The molecule has 1 aliphatic rings. The average Bonchev–Trinajstić information content (AvgIpc) is 2.77. The number of hydrogen-bond donors (Lipinski definition) is 2. The summed E-state index contributed by atoms with van der Waals surface area (Å²) in [7, 11) is 0. The summed E-state index contributed by atoms with van der Waals surface area (Å²) in [5, 5.41) is 6.87. The third-order valence-electron chi connectivity index (χ3n) is 4.03. The van der Waals surface area contributed by atoms with Gasteiger partial charge in [-0.3, -0.25) is 0 Å². The zero-order valence-corrected chi connectivity index (χ0v) is 10.9. The molecule has 1 aliphatic carbocycles. The lowest BCUT2D eigenvalue weighted by Crippen LogP contribution is -2.61. The van der Waals surface area contributed by atoms with Gasteiger partial charge in [0.1, 0.15) is 5.82 Å². The predicted molar refractivity (Wildman–Crippen MR) is 73.4 cm³/mol. The van der Waals surface area contributed by atoms with Gasteiger partial charge in [-0.1, -0.05) is 13.8 Å². The van der Waals surface area contributed by atoms with E-state index >= 15 is 0 Å². The first-order chi connectivity index (χ1) is 8.09. The molecule has 0 bridgehead atoms. The molecule has 4 heteroatoms. The first-order valence-electron chi connectivity index (χ1n) is 5.93. The van der Waals surface area contributed by atoms with E-state index in [0.717, 1.165) is 12.2 Å². The Morgan fingerprint density at radius 2 is 2.29 bits per heavy atom. The summed E-state index contributed by atoms with van der Waals surface area (Å²) >= 11 is 1.75. The number of anilines is 1. The number of nitrogens with two attached hydrogens (primary N) is 1. The van der Waals surface area contributed by atoms with Crippen LogP contribution in [0.4, 0.5) is 5.82 Å². The molecule has 2 heterocycles. The summed E-state index contributed by atoms with van der Waals surface area (Å²) in [5.74, 6) is 0.994. The summed E-state index contributed by atoms with van der Waals surface area (Å²) in [6.45, 7) is 4.43. The molecule has 3 N–H and O–H groups in total. The van der Waals surface area contributed by atoms with Crippen molar-refractivity contribution >= 4 is 27.2 Å². The highest BCUT2D eigenvalue weighted by Gasteiger charge is 2.46. The zero-order chi connectivity index (χ0) is 12.0. The Bertz CT molecular complexity index is 546. The second-order valence-corrected chi connectivity index (χ2v) is 6.30. The van der Waals surface area contributed by atoms with E-state index in [4.69, 9.17) is 5.73 Å². The molecule has 2 aromatic rings. The number of nitrogens with zero attached hydrogens (tertiary/aromatic N) is 1. The van der Waals surface area contributed by atoms with E-state index < -0.39 is 0 Å². The molecule has 90 valence electrons. The van der Waals surface area contributed by atoms with Gasteiger partial charge in [-0.15, -0.1) is 11.3 Å². The summed E-state index contributed by atoms with van der Waals surface area (Å²) in [6, 6.07) is 4.90. The Morgan fingerprint density at radius 1 is 1.47 bits per heavy atom. The molecule has 1 saturated carbocycles. The van der Waals surface area contributed by atoms with Gasteiger partial charge in [0.2, 0.25) is 0 Å². The van der Waals surface area contributed by atoms with E-state index in [2.05, 4.69) is 41.7 Å². The maximum atomic E-state index is 6.03. The molecule has 3 nitrogen and oxygen atoms in total. The number of rotatable bonds is 2. The number of aromatic nitrogens is 1. The van der Waals surface area contributed by atoms with Gasteiger partial charge in [0, 0.05) is 33.8 Å². The minimum atomic E-state index is 0.153. The van der Waals surface area contributed by atoms with Crippen molar-refractivity contribution in [1.82, 2.24) is 4.98 Å². The SMILES string of the molecule is CC1(C)C(N)CC1Nc1nccc2sccc12. The van der Waals surface area contributed by atoms with E-state index in [9.17, 15) is 0 Å². The molecule has 0 radical (unpaired) electrons. The van der Waals surface area contributed by atoms with Crippen molar-refractivity contribution in [2.45, 2.75) is 32.4 Å². The molecule has 2 unspecified atom stereocenters. The van der Waals surface area contributed by atoms with Gasteiger partial charge in [0.25, 0.3) is 0 Å². The molecule has 0 spiro atoms. The second kappa shape index (κ2) is 3.68. The van der Waals surface area contributed by atoms with Crippen LogP contribution in [0.25, 0.3) is 10.1 Å². The summed E-state index contributed by atoms with van der Waals surface area (Å²) < 4.78 is 1.28. The van der Waals surface area contributed by atoms with E-state index in [0.29, 0.717) is 12.1 Å². The van der Waals surface area contributed by atoms with Gasteiger partial charge in [-0.05, 0) is 23.9 Å². The van der Waals surface area contributed by atoms with Crippen molar-refractivity contribution < 1.29 is 0 Å². The van der Waals surface area contributed by atoms with Gasteiger partial charge in [-0.2, -0.15) is 0 Å². The smallest absolute Gasteiger partial charge is 0.134 e. The lowest BCUT2D eigenvalue weighted by atomic mass is 9.63. The van der Waals surface area contributed by atoms with E-state index in [-0.39, 0.29) is 5.41 Å². The van der Waals surface area contributed by atoms with Gasteiger partial charge in [0.05, 0.1) is 0 Å². The topological polar surface area (TPSA) is 50.9 Å². The summed E-state index contributed by atoms with van der Waals surface area (Å²) in [6.07, 6.45) is 2.89. The monoisotopic (exact) mass is 247 g/mol. The van der Waals surface area contributed by atoms with Crippen LogP contribution in [0.5, 0.6) is 0 Å². The Kier molecular flexibility index (Phi) is 2.38. The van der Waals surface area contributed by atoms with E-state index in [1.54, 1.807) is 11.3 Å². The van der Waals surface area contributed by atoms with Gasteiger partial charge in [0.15, 0.2) is 0 Å². The van der Waals surface area contributed by atoms with Crippen molar-refractivity contribution in [3.05, 3.63) is 23.7 Å². The van der Waals surface area contributed by atoms with E-state index in [1.807, 2.05) is 6.20 Å². The minimum absolute atomic E-state index is 0.153. The Hall–Kier alpha value is -1.13. The molecule has 0 aliphatic heterocycles. The third kappa shape index (κ3) is 1.63. The van der Waals surface area contributed by atoms with Crippen molar-refractivity contribution in [2.24, 2.45) is 11.1 Å². The van der Waals surface area contributed by atoms with Crippen LogP contribution in [0, 0.1) is 5.41 Å². The minimum Gasteiger partial charge on any atom is -0.366 e. The van der Waals surface area contributed by atoms with Crippen LogP contribution in [-0.4, -0.2) is 17.1 Å². The number of nitrogens with one attached hydrogen (secondary N) is 1. The van der Waals surface area contributed by atoms with Crippen LogP contribution < -0.4 is 11.1 Å². The van der Waals surface area contributed by atoms with Crippen LogP contribution >= 0.6 is 11.3 Å².